The third kappa shape index (κ3) is 3.77. The Labute approximate surface area is 130 Å². The normalized spacial score (nSPS) is 34.5. The summed E-state index contributed by atoms with van der Waals surface area (Å²) in [4.78, 5) is 12.3. The molecule has 0 radical (unpaired) electrons. The molecule has 0 bridgehead atoms. The Bertz CT molecular complexity index is 396. The zero-order valence-corrected chi connectivity index (χ0v) is 14.0. The van der Waals surface area contributed by atoms with Gasteiger partial charge >= 0.3 is 0 Å². The molecule has 1 N–H and O–H groups in total. The summed E-state index contributed by atoms with van der Waals surface area (Å²) in [6, 6.07) is 0. The maximum Gasteiger partial charge on any atom is 0.161 e. The minimum atomic E-state index is -0.112. The van der Waals surface area contributed by atoms with E-state index in [0.717, 1.165) is 38.5 Å². The van der Waals surface area contributed by atoms with Gasteiger partial charge in [-0.3, -0.25) is 4.79 Å². The fourth-order valence-electron chi connectivity index (χ4n) is 4.63. The topological polar surface area (TPSA) is 37.3 Å². The number of allylic oxidation sites excluding steroid dienone is 1. The highest BCUT2D eigenvalue weighted by Gasteiger charge is 2.42. The molecule has 21 heavy (non-hydrogen) atoms. The highest BCUT2D eigenvalue weighted by Crippen LogP contribution is 2.49. The molecule has 0 aromatic heterocycles. The average Bonchev–Trinajstić information content (AvgIpc) is 2.46. The minimum Gasteiger partial charge on any atom is -0.393 e. The molecule has 4 unspecified atom stereocenters. The van der Waals surface area contributed by atoms with Crippen LogP contribution in [0.2, 0.25) is 0 Å². The van der Waals surface area contributed by atoms with E-state index < -0.39 is 0 Å². The largest absolute Gasteiger partial charge is 0.393 e. The summed E-state index contributed by atoms with van der Waals surface area (Å²) in [5.74, 6) is 1.67. The molecule has 0 aromatic carbocycles. The van der Waals surface area contributed by atoms with Gasteiger partial charge < -0.3 is 5.11 Å². The minimum absolute atomic E-state index is 0.112. The summed E-state index contributed by atoms with van der Waals surface area (Å²) in [6.07, 6.45) is 8.63. The number of hydrogen-bond acceptors (Lipinski definition) is 2. The smallest absolute Gasteiger partial charge is 0.161 e. The molecule has 0 aliphatic heterocycles. The molecule has 2 heteroatoms. The molecule has 0 heterocycles. The van der Waals surface area contributed by atoms with E-state index in [1.807, 2.05) is 6.92 Å². The molecule has 0 amide bonds. The van der Waals surface area contributed by atoms with Gasteiger partial charge in [0, 0.05) is 5.92 Å². The SMILES string of the molecule is C=C(C)C(=O)C1CCCC(C(C)(C)C2CCCC(O)C2)C1. The summed E-state index contributed by atoms with van der Waals surface area (Å²) < 4.78 is 0. The lowest BCUT2D eigenvalue weighted by Gasteiger charge is -2.46. The molecule has 2 aliphatic rings. The van der Waals surface area contributed by atoms with E-state index in [4.69, 9.17) is 0 Å². The Morgan fingerprint density at radius 3 is 2.19 bits per heavy atom. The number of aliphatic hydroxyl groups is 1. The first-order valence-electron chi connectivity index (χ1n) is 8.70. The molecule has 2 nitrogen and oxygen atoms in total. The van der Waals surface area contributed by atoms with Gasteiger partial charge in [0.05, 0.1) is 6.10 Å². The predicted molar refractivity (Wildman–Crippen MR) is 87.0 cm³/mol. The van der Waals surface area contributed by atoms with Gasteiger partial charge in [0.1, 0.15) is 0 Å². The highest BCUT2D eigenvalue weighted by atomic mass is 16.3. The van der Waals surface area contributed by atoms with Crippen molar-refractivity contribution in [1.29, 1.82) is 0 Å². The number of carbonyl (C=O) groups excluding carboxylic acids is 1. The third-order valence-electron chi connectivity index (χ3n) is 6.22. The maximum atomic E-state index is 12.3. The van der Waals surface area contributed by atoms with Crippen molar-refractivity contribution in [2.75, 3.05) is 0 Å². The number of aliphatic hydroxyl groups excluding tert-OH is 1. The molecule has 0 aromatic rings. The van der Waals surface area contributed by atoms with Crippen LogP contribution in [0, 0.1) is 23.2 Å². The molecule has 2 rings (SSSR count). The molecule has 2 saturated carbocycles. The molecule has 120 valence electrons. The van der Waals surface area contributed by atoms with Gasteiger partial charge in [-0.05, 0) is 68.3 Å². The van der Waals surface area contributed by atoms with Gasteiger partial charge in [0.25, 0.3) is 0 Å². The number of ketones is 1. The van der Waals surface area contributed by atoms with E-state index in [1.54, 1.807) is 0 Å². The molecule has 0 spiro atoms. The van der Waals surface area contributed by atoms with Crippen LogP contribution in [0.3, 0.4) is 0 Å². The first-order chi connectivity index (χ1) is 9.82. The van der Waals surface area contributed by atoms with E-state index in [9.17, 15) is 9.90 Å². The van der Waals surface area contributed by atoms with Crippen LogP contribution in [0.1, 0.15) is 72.1 Å². The Kier molecular flexibility index (Phi) is 5.29. The Morgan fingerprint density at radius 1 is 1.05 bits per heavy atom. The lowest BCUT2D eigenvalue weighted by Crippen LogP contribution is -2.40. The van der Waals surface area contributed by atoms with Gasteiger partial charge in [-0.15, -0.1) is 0 Å². The summed E-state index contributed by atoms with van der Waals surface area (Å²) in [7, 11) is 0. The zero-order valence-electron chi connectivity index (χ0n) is 14.0. The van der Waals surface area contributed by atoms with Gasteiger partial charge in [-0.1, -0.05) is 33.3 Å². The van der Waals surface area contributed by atoms with Crippen molar-refractivity contribution in [3.8, 4) is 0 Å². The van der Waals surface area contributed by atoms with Gasteiger partial charge in [0.15, 0.2) is 5.78 Å². The quantitative estimate of drug-likeness (QED) is 0.774. The van der Waals surface area contributed by atoms with Gasteiger partial charge in [0.2, 0.25) is 0 Å². The number of hydrogen-bond donors (Lipinski definition) is 1. The lowest BCUT2D eigenvalue weighted by atomic mass is 9.59. The summed E-state index contributed by atoms with van der Waals surface area (Å²) >= 11 is 0. The lowest BCUT2D eigenvalue weighted by molar-refractivity contribution is -0.121. The summed E-state index contributed by atoms with van der Waals surface area (Å²) in [5, 5.41) is 9.99. The van der Waals surface area contributed by atoms with Crippen LogP contribution < -0.4 is 0 Å². The van der Waals surface area contributed by atoms with E-state index in [0.29, 0.717) is 17.4 Å². The molecule has 2 aliphatic carbocycles. The van der Waals surface area contributed by atoms with Crippen molar-refractivity contribution in [1.82, 2.24) is 0 Å². The van der Waals surface area contributed by atoms with Crippen LogP contribution in [0.25, 0.3) is 0 Å². The molecular formula is C19H32O2. The Morgan fingerprint density at radius 2 is 1.62 bits per heavy atom. The Hall–Kier alpha value is -0.630. The van der Waals surface area contributed by atoms with Crippen molar-refractivity contribution in [2.24, 2.45) is 23.2 Å². The van der Waals surface area contributed by atoms with E-state index in [-0.39, 0.29) is 23.2 Å². The van der Waals surface area contributed by atoms with Crippen LogP contribution in [-0.4, -0.2) is 17.0 Å². The van der Waals surface area contributed by atoms with Crippen LogP contribution in [0.15, 0.2) is 12.2 Å². The van der Waals surface area contributed by atoms with Crippen molar-refractivity contribution in [3.05, 3.63) is 12.2 Å². The first-order valence-corrected chi connectivity index (χ1v) is 8.70. The third-order valence-corrected chi connectivity index (χ3v) is 6.22. The molecule has 2 fully saturated rings. The monoisotopic (exact) mass is 292 g/mol. The molecule has 4 atom stereocenters. The van der Waals surface area contributed by atoms with Gasteiger partial charge in [-0.2, -0.15) is 0 Å². The standard InChI is InChI=1S/C19H32O2/c1-13(2)18(21)14-7-5-8-15(11-14)19(3,4)16-9-6-10-17(20)12-16/h14-17,20H,1,5-12H2,2-4H3. The van der Waals surface area contributed by atoms with Crippen LogP contribution >= 0.6 is 0 Å². The zero-order chi connectivity index (χ0) is 15.6. The summed E-state index contributed by atoms with van der Waals surface area (Å²) in [6.45, 7) is 10.4. The first kappa shape index (κ1) is 16.7. The van der Waals surface area contributed by atoms with Crippen LogP contribution in [0.5, 0.6) is 0 Å². The van der Waals surface area contributed by atoms with Crippen LogP contribution in [0.4, 0.5) is 0 Å². The van der Waals surface area contributed by atoms with Crippen molar-refractivity contribution < 1.29 is 9.90 Å². The molecular weight excluding hydrogens is 260 g/mol. The van der Waals surface area contributed by atoms with E-state index in [2.05, 4.69) is 20.4 Å². The number of rotatable bonds is 4. The fraction of sp³-hybridized carbons (Fsp3) is 0.842. The number of carbonyl (C=O) groups is 1. The second-order valence-corrected chi connectivity index (χ2v) is 8.04. The maximum absolute atomic E-state index is 12.3. The average molecular weight is 292 g/mol. The van der Waals surface area contributed by atoms with E-state index in [1.165, 1.54) is 12.8 Å². The van der Waals surface area contributed by atoms with Gasteiger partial charge in [-0.25, -0.2) is 0 Å². The Balaban J connectivity index is 2.05. The molecule has 0 saturated heterocycles. The number of Topliss-reactive ketones (excluding diaryl/α,β-unsaturated/α-hetero) is 1. The van der Waals surface area contributed by atoms with Crippen molar-refractivity contribution >= 4 is 5.78 Å². The second kappa shape index (κ2) is 6.64. The van der Waals surface area contributed by atoms with Crippen molar-refractivity contribution in [3.63, 3.8) is 0 Å². The van der Waals surface area contributed by atoms with Crippen LogP contribution in [-0.2, 0) is 4.79 Å². The highest BCUT2D eigenvalue weighted by molar-refractivity contribution is 5.96. The fourth-order valence-corrected chi connectivity index (χ4v) is 4.63. The second-order valence-electron chi connectivity index (χ2n) is 8.04. The van der Waals surface area contributed by atoms with E-state index >= 15 is 0 Å². The van der Waals surface area contributed by atoms with Crippen molar-refractivity contribution in [2.45, 2.75) is 78.2 Å². The summed E-state index contributed by atoms with van der Waals surface area (Å²) in [5.41, 5.74) is 0.946. The predicted octanol–water partition coefficient (Wildman–Crippen LogP) is 4.52.